The average Bonchev–Trinajstić information content (AvgIpc) is 2.69. The number of benzene rings is 1. The standard InChI is InChI=1S/C13H13BrFNO2/c1-8-9(6-16)4-11(18-8)7-17-13-3-2-10(14)5-12(13)15/h2-5H,6-7,16H2,1H3. The fraction of sp³-hybridized carbons (Fsp3) is 0.231. The first-order chi connectivity index (χ1) is 8.60. The van der Waals surface area contributed by atoms with Crippen molar-refractivity contribution < 1.29 is 13.5 Å². The van der Waals surface area contributed by atoms with Gasteiger partial charge < -0.3 is 14.9 Å². The largest absolute Gasteiger partial charge is 0.483 e. The second kappa shape index (κ2) is 5.54. The van der Waals surface area contributed by atoms with E-state index in [1.165, 1.54) is 6.07 Å². The molecule has 1 heterocycles. The Morgan fingerprint density at radius 3 is 2.78 bits per heavy atom. The molecule has 0 aliphatic carbocycles. The van der Waals surface area contributed by atoms with Crippen molar-refractivity contribution >= 4 is 15.9 Å². The lowest BCUT2D eigenvalue weighted by Gasteiger charge is -2.05. The van der Waals surface area contributed by atoms with Crippen LogP contribution in [0.2, 0.25) is 0 Å². The molecule has 3 nitrogen and oxygen atoms in total. The zero-order chi connectivity index (χ0) is 13.1. The topological polar surface area (TPSA) is 48.4 Å². The van der Waals surface area contributed by atoms with E-state index in [0.717, 1.165) is 11.3 Å². The van der Waals surface area contributed by atoms with Crippen LogP contribution in [0.1, 0.15) is 17.1 Å². The minimum Gasteiger partial charge on any atom is -0.483 e. The van der Waals surface area contributed by atoms with Crippen LogP contribution in [0, 0.1) is 12.7 Å². The van der Waals surface area contributed by atoms with E-state index in [1.54, 1.807) is 12.1 Å². The number of hydrogen-bond acceptors (Lipinski definition) is 3. The molecule has 96 valence electrons. The molecule has 0 saturated heterocycles. The van der Waals surface area contributed by atoms with Crippen LogP contribution in [0.3, 0.4) is 0 Å². The van der Waals surface area contributed by atoms with Gasteiger partial charge in [0.05, 0.1) is 0 Å². The van der Waals surface area contributed by atoms with Gasteiger partial charge in [-0.1, -0.05) is 15.9 Å². The van der Waals surface area contributed by atoms with Gasteiger partial charge in [0.2, 0.25) is 0 Å². The van der Waals surface area contributed by atoms with Crippen molar-refractivity contribution in [1.82, 2.24) is 0 Å². The minimum atomic E-state index is -0.410. The Balaban J connectivity index is 2.06. The summed E-state index contributed by atoms with van der Waals surface area (Å²) in [6, 6.07) is 6.47. The zero-order valence-electron chi connectivity index (χ0n) is 9.87. The van der Waals surface area contributed by atoms with Crippen LogP contribution in [0.25, 0.3) is 0 Å². The van der Waals surface area contributed by atoms with Gasteiger partial charge in [-0.05, 0) is 31.2 Å². The van der Waals surface area contributed by atoms with Crippen molar-refractivity contribution in [2.45, 2.75) is 20.1 Å². The maximum atomic E-state index is 13.5. The number of nitrogens with two attached hydrogens (primary N) is 1. The summed E-state index contributed by atoms with van der Waals surface area (Å²) >= 11 is 3.19. The Morgan fingerprint density at radius 1 is 1.39 bits per heavy atom. The molecular weight excluding hydrogens is 301 g/mol. The highest BCUT2D eigenvalue weighted by atomic mass is 79.9. The molecule has 0 atom stereocenters. The molecule has 1 aromatic heterocycles. The molecular formula is C13H13BrFNO2. The number of halogens is 2. The molecule has 0 radical (unpaired) electrons. The predicted octanol–water partition coefficient (Wildman–Crippen LogP) is 3.53. The number of ether oxygens (including phenoxy) is 1. The minimum absolute atomic E-state index is 0.180. The molecule has 0 unspecified atom stereocenters. The van der Waals surface area contributed by atoms with E-state index < -0.39 is 5.82 Å². The summed E-state index contributed by atoms with van der Waals surface area (Å²) in [7, 11) is 0. The summed E-state index contributed by atoms with van der Waals surface area (Å²) in [5.74, 6) is 1.19. The molecule has 1 aromatic carbocycles. The molecule has 0 saturated carbocycles. The van der Waals surface area contributed by atoms with Gasteiger partial charge >= 0.3 is 0 Å². The van der Waals surface area contributed by atoms with Gasteiger partial charge in [-0.25, -0.2) is 4.39 Å². The maximum absolute atomic E-state index is 13.5. The molecule has 2 N–H and O–H groups in total. The third-order valence-corrected chi connectivity index (χ3v) is 3.05. The number of furan rings is 1. The molecule has 2 rings (SSSR count). The smallest absolute Gasteiger partial charge is 0.166 e. The Hall–Kier alpha value is -1.33. The van der Waals surface area contributed by atoms with Gasteiger partial charge in [0.15, 0.2) is 11.6 Å². The van der Waals surface area contributed by atoms with Gasteiger partial charge in [0, 0.05) is 16.6 Å². The van der Waals surface area contributed by atoms with E-state index in [1.807, 2.05) is 13.0 Å². The maximum Gasteiger partial charge on any atom is 0.166 e. The lowest BCUT2D eigenvalue weighted by atomic mass is 10.2. The van der Waals surface area contributed by atoms with E-state index >= 15 is 0 Å². The quantitative estimate of drug-likeness (QED) is 0.939. The number of rotatable bonds is 4. The molecule has 0 amide bonds. The third-order valence-electron chi connectivity index (χ3n) is 2.56. The van der Waals surface area contributed by atoms with Crippen molar-refractivity contribution in [2.75, 3.05) is 0 Å². The van der Waals surface area contributed by atoms with Crippen LogP contribution in [0.15, 0.2) is 33.2 Å². The number of aryl methyl sites for hydroxylation is 1. The fourth-order valence-electron chi connectivity index (χ4n) is 1.60. The van der Waals surface area contributed by atoms with Crippen LogP contribution < -0.4 is 10.5 Å². The van der Waals surface area contributed by atoms with E-state index in [9.17, 15) is 4.39 Å². The lowest BCUT2D eigenvalue weighted by Crippen LogP contribution is -1.97. The lowest BCUT2D eigenvalue weighted by molar-refractivity contribution is 0.256. The first kappa shape index (κ1) is 13.1. The molecule has 0 spiro atoms. The van der Waals surface area contributed by atoms with Gasteiger partial charge in [0.25, 0.3) is 0 Å². The summed E-state index contributed by atoms with van der Waals surface area (Å²) in [4.78, 5) is 0. The predicted molar refractivity (Wildman–Crippen MR) is 69.8 cm³/mol. The fourth-order valence-corrected chi connectivity index (χ4v) is 1.94. The molecule has 0 aliphatic heterocycles. The first-order valence-electron chi connectivity index (χ1n) is 5.46. The monoisotopic (exact) mass is 313 g/mol. The second-order valence-corrected chi connectivity index (χ2v) is 4.78. The summed E-state index contributed by atoms with van der Waals surface area (Å²) in [5, 5.41) is 0. The summed E-state index contributed by atoms with van der Waals surface area (Å²) < 4.78 is 25.0. The molecule has 0 fully saturated rings. The second-order valence-electron chi connectivity index (χ2n) is 3.86. The van der Waals surface area contributed by atoms with E-state index in [0.29, 0.717) is 16.8 Å². The third kappa shape index (κ3) is 2.91. The highest BCUT2D eigenvalue weighted by Gasteiger charge is 2.08. The Labute approximate surface area is 113 Å². The van der Waals surface area contributed by atoms with Crippen LogP contribution in [0.4, 0.5) is 4.39 Å². The molecule has 0 aliphatic rings. The van der Waals surface area contributed by atoms with Crippen LogP contribution in [-0.4, -0.2) is 0 Å². The van der Waals surface area contributed by atoms with Crippen LogP contribution >= 0.6 is 15.9 Å². The summed E-state index contributed by atoms with van der Waals surface area (Å²) in [6.07, 6.45) is 0. The highest BCUT2D eigenvalue weighted by molar-refractivity contribution is 9.10. The zero-order valence-corrected chi connectivity index (χ0v) is 11.5. The van der Waals surface area contributed by atoms with Gasteiger partial charge in [-0.3, -0.25) is 0 Å². The van der Waals surface area contributed by atoms with E-state index in [-0.39, 0.29) is 12.4 Å². The normalized spacial score (nSPS) is 10.7. The van der Waals surface area contributed by atoms with Crippen LogP contribution in [0.5, 0.6) is 5.75 Å². The first-order valence-corrected chi connectivity index (χ1v) is 6.25. The Morgan fingerprint density at radius 2 is 2.17 bits per heavy atom. The van der Waals surface area contributed by atoms with Crippen molar-refractivity contribution in [2.24, 2.45) is 5.73 Å². The van der Waals surface area contributed by atoms with E-state index in [4.69, 9.17) is 14.9 Å². The Kier molecular flexibility index (Phi) is 4.04. The van der Waals surface area contributed by atoms with Gasteiger partial charge in [-0.2, -0.15) is 0 Å². The molecule has 0 bridgehead atoms. The van der Waals surface area contributed by atoms with Crippen molar-refractivity contribution in [3.63, 3.8) is 0 Å². The molecule has 2 aromatic rings. The summed E-state index contributed by atoms with van der Waals surface area (Å²) in [6.45, 7) is 2.44. The number of hydrogen-bond donors (Lipinski definition) is 1. The van der Waals surface area contributed by atoms with Gasteiger partial charge in [0.1, 0.15) is 18.1 Å². The van der Waals surface area contributed by atoms with Crippen LogP contribution in [-0.2, 0) is 13.2 Å². The highest BCUT2D eigenvalue weighted by Crippen LogP contribution is 2.23. The van der Waals surface area contributed by atoms with Crippen molar-refractivity contribution in [3.8, 4) is 5.75 Å². The molecule has 5 heteroatoms. The summed E-state index contributed by atoms with van der Waals surface area (Å²) in [5.41, 5.74) is 6.48. The van der Waals surface area contributed by atoms with Crippen molar-refractivity contribution in [3.05, 3.63) is 51.6 Å². The SMILES string of the molecule is Cc1oc(COc2ccc(Br)cc2F)cc1CN. The molecule has 18 heavy (non-hydrogen) atoms. The average molecular weight is 314 g/mol. The van der Waals surface area contributed by atoms with Crippen molar-refractivity contribution in [1.29, 1.82) is 0 Å². The Bertz CT molecular complexity index is 554. The van der Waals surface area contributed by atoms with E-state index in [2.05, 4.69) is 15.9 Å². The van der Waals surface area contributed by atoms with Gasteiger partial charge in [-0.15, -0.1) is 0 Å².